The molecule has 8 heteroatoms. The van der Waals surface area contributed by atoms with E-state index in [-0.39, 0.29) is 5.56 Å². The van der Waals surface area contributed by atoms with Gasteiger partial charge in [0.2, 0.25) is 0 Å². The molecule has 0 saturated carbocycles. The highest BCUT2D eigenvalue weighted by Gasteiger charge is 2.36. The van der Waals surface area contributed by atoms with E-state index in [1.54, 1.807) is 0 Å². The normalized spacial score (nSPS) is 26.0. The van der Waals surface area contributed by atoms with Crippen LogP contribution >= 0.6 is 0 Å². The lowest BCUT2D eigenvalue weighted by Gasteiger charge is -2.29. The van der Waals surface area contributed by atoms with Gasteiger partial charge in [-0.1, -0.05) is 6.07 Å². The molecule has 2 rings (SSSR count). The molecule has 19 heavy (non-hydrogen) atoms. The molecule has 0 aliphatic carbocycles. The van der Waals surface area contributed by atoms with Crippen molar-refractivity contribution in [2.24, 2.45) is 0 Å². The van der Waals surface area contributed by atoms with Crippen LogP contribution < -0.4 is 5.32 Å². The second-order valence-corrected chi connectivity index (χ2v) is 6.51. The van der Waals surface area contributed by atoms with Gasteiger partial charge in [-0.15, -0.1) is 0 Å². The number of carboxylic acid groups (broad SMARTS) is 1. The number of sulfone groups is 1. The molecular formula is C11H11F2NO4S. The summed E-state index contributed by atoms with van der Waals surface area (Å²) in [7, 11) is -3.60. The molecule has 0 radical (unpaired) electrons. The minimum Gasteiger partial charge on any atom is -0.480 e. The first-order chi connectivity index (χ1) is 8.78. The van der Waals surface area contributed by atoms with Crippen molar-refractivity contribution < 1.29 is 27.1 Å². The van der Waals surface area contributed by atoms with Crippen LogP contribution in [0.5, 0.6) is 0 Å². The van der Waals surface area contributed by atoms with Crippen molar-refractivity contribution in [1.29, 1.82) is 0 Å². The van der Waals surface area contributed by atoms with Gasteiger partial charge in [0.05, 0.1) is 11.5 Å². The Kier molecular flexibility index (Phi) is 3.55. The Morgan fingerprint density at radius 1 is 1.32 bits per heavy atom. The Morgan fingerprint density at radius 3 is 2.58 bits per heavy atom. The van der Waals surface area contributed by atoms with Crippen LogP contribution in [0.1, 0.15) is 11.6 Å². The zero-order valence-corrected chi connectivity index (χ0v) is 10.5. The molecule has 1 aliphatic heterocycles. The second kappa shape index (κ2) is 4.86. The van der Waals surface area contributed by atoms with Gasteiger partial charge >= 0.3 is 5.97 Å². The average Bonchev–Trinajstić information content (AvgIpc) is 2.26. The molecule has 1 aromatic carbocycles. The van der Waals surface area contributed by atoms with Crippen molar-refractivity contribution in [1.82, 2.24) is 5.32 Å². The van der Waals surface area contributed by atoms with E-state index in [1.807, 2.05) is 0 Å². The SMILES string of the molecule is O=C(O)C1CS(=O)(=O)CC(c2ccc(F)cc2F)N1. The number of nitrogens with one attached hydrogen (secondary N) is 1. The summed E-state index contributed by atoms with van der Waals surface area (Å²) >= 11 is 0. The Labute approximate surface area is 108 Å². The molecule has 104 valence electrons. The number of carboxylic acids is 1. The van der Waals surface area contributed by atoms with Gasteiger partial charge in [0, 0.05) is 17.7 Å². The summed E-state index contributed by atoms with van der Waals surface area (Å²) in [4.78, 5) is 10.9. The highest BCUT2D eigenvalue weighted by Crippen LogP contribution is 2.24. The molecule has 0 bridgehead atoms. The van der Waals surface area contributed by atoms with Crippen molar-refractivity contribution >= 4 is 15.8 Å². The largest absolute Gasteiger partial charge is 0.480 e. The monoisotopic (exact) mass is 291 g/mol. The molecule has 0 amide bonds. The van der Waals surface area contributed by atoms with Crippen molar-refractivity contribution in [3.8, 4) is 0 Å². The van der Waals surface area contributed by atoms with Crippen LogP contribution in [0, 0.1) is 11.6 Å². The maximum Gasteiger partial charge on any atom is 0.321 e. The van der Waals surface area contributed by atoms with Crippen LogP contribution in [0.3, 0.4) is 0 Å². The van der Waals surface area contributed by atoms with Crippen LogP contribution in [0.15, 0.2) is 18.2 Å². The molecule has 0 spiro atoms. The van der Waals surface area contributed by atoms with Crippen LogP contribution in [-0.2, 0) is 14.6 Å². The molecule has 2 unspecified atom stereocenters. The van der Waals surface area contributed by atoms with Crippen LogP contribution in [-0.4, -0.2) is 37.0 Å². The highest BCUT2D eigenvalue weighted by atomic mass is 32.2. The predicted molar refractivity (Wildman–Crippen MR) is 62.3 cm³/mol. The number of aliphatic carboxylic acids is 1. The van der Waals surface area contributed by atoms with E-state index in [2.05, 4.69) is 5.32 Å². The molecule has 1 aromatic rings. The maximum absolute atomic E-state index is 13.6. The fourth-order valence-electron chi connectivity index (χ4n) is 2.02. The lowest BCUT2D eigenvalue weighted by atomic mass is 10.1. The number of rotatable bonds is 2. The first-order valence-corrected chi connectivity index (χ1v) is 7.25. The highest BCUT2D eigenvalue weighted by molar-refractivity contribution is 7.91. The summed E-state index contributed by atoms with van der Waals surface area (Å²) in [5.41, 5.74) is -0.0593. The second-order valence-electron chi connectivity index (χ2n) is 4.35. The number of benzene rings is 1. The Hall–Kier alpha value is -1.54. The van der Waals surface area contributed by atoms with Crippen LogP contribution in [0.25, 0.3) is 0 Å². The standard InChI is InChI=1S/C11H11F2NO4S/c12-6-1-2-7(8(13)3-6)9-4-19(17,18)5-10(14-9)11(15)16/h1-3,9-10,14H,4-5H2,(H,15,16). The Bertz CT molecular complexity index is 617. The molecule has 1 heterocycles. The van der Waals surface area contributed by atoms with Crippen LogP contribution in [0.2, 0.25) is 0 Å². The number of carbonyl (C=O) groups is 1. The van der Waals surface area contributed by atoms with E-state index in [0.29, 0.717) is 6.07 Å². The smallest absolute Gasteiger partial charge is 0.321 e. The van der Waals surface area contributed by atoms with Gasteiger partial charge < -0.3 is 5.11 Å². The molecule has 0 aromatic heterocycles. The van der Waals surface area contributed by atoms with Gasteiger partial charge in [0.15, 0.2) is 9.84 Å². The zero-order chi connectivity index (χ0) is 14.2. The number of hydrogen-bond donors (Lipinski definition) is 2. The Morgan fingerprint density at radius 2 is 2.00 bits per heavy atom. The summed E-state index contributed by atoms with van der Waals surface area (Å²) in [6.45, 7) is 0. The fourth-order valence-corrected chi connectivity index (χ4v) is 3.69. The lowest BCUT2D eigenvalue weighted by molar-refractivity contribution is -0.139. The van der Waals surface area contributed by atoms with Gasteiger partial charge in [-0.25, -0.2) is 17.2 Å². The molecule has 1 saturated heterocycles. The summed E-state index contributed by atoms with van der Waals surface area (Å²) in [6, 6.07) is 0.446. The van der Waals surface area contributed by atoms with E-state index in [0.717, 1.165) is 12.1 Å². The third kappa shape index (κ3) is 3.07. The minimum atomic E-state index is -3.60. The Balaban J connectivity index is 2.36. The summed E-state index contributed by atoms with van der Waals surface area (Å²) in [5, 5.41) is 11.4. The molecule has 1 aliphatic rings. The fraction of sp³-hybridized carbons (Fsp3) is 0.364. The van der Waals surface area contributed by atoms with Gasteiger partial charge in [-0.3, -0.25) is 10.1 Å². The zero-order valence-electron chi connectivity index (χ0n) is 9.64. The number of halogens is 2. The minimum absolute atomic E-state index is 0.0593. The van der Waals surface area contributed by atoms with Crippen molar-refractivity contribution in [3.63, 3.8) is 0 Å². The van der Waals surface area contributed by atoms with Gasteiger partial charge in [-0.05, 0) is 6.07 Å². The van der Waals surface area contributed by atoms with E-state index in [9.17, 15) is 22.0 Å². The molecule has 2 atom stereocenters. The van der Waals surface area contributed by atoms with Crippen molar-refractivity contribution in [2.45, 2.75) is 12.1 Å². The van der Waals surface area contributed by atoms with Crippen molar-refractivity contribution in [3.05, 3.63) is 35.4 Å². The summed E-state index contributed by atoms with van der Waals surface area (Å²) in [6.07, 6.45) is 0. The average molecular weight is 291 g/mol. The summed E-state index contributed by atoms with van der Waals surface area (Å²) < 4.78 is 49.6. The molecule has 2 N–H and O–H groups in total. The first kappa shape index (κ1) is 13.9. The van der Waals surface area contributed by atoms with E-state index >= 15 is 0 Å². The van der Waals surface area contributed by atoms with Gasteiger partial charge in [0.1, 0.15) is 17.7 Å². The molecule has 5 nitrogen and oxygen atoms in total. The van der Waals surface area contributed by atoms with Gasteiger partial charge in [0.25, 0.3) is 0 Å². The third-order valence-electron chi connectivity index (χ3n) is 2.88. The number of hydrogen-bond acceptors (Lipinski definition) is 4. The van der Waals surface area contributed by atoms with E-state index in [4.69, 9.17) is 5.11 Å². The van der Waals surface area contributed by atoms with Crippen molar-refractivity contribution in [2.75, 3.05) is 11.5 Å². The molecule has 1 fully saturated rings. The van der Waals surface area contributed by atoms with E-state index < -0.39 is 51.0 Å². The first-order valence-electron chi connectivity index (χ1n) is 5.43. The van der Waals surface area contributed by atoms with Gasteiger partial charge in [-0.2, -0.15) is 0 Å². The predicted octanol–water partition coefficient (Wildman–Crippen LogP) is 0.477. The van der Waals surface area contributed by atoms with Crippen LogP contribution in [0.4, 0.5) is 8.78 Å². The quantitative estimate of drug-likeness (QED) is 0.828. The topological polar surface area (TPSA) is 83.5 Å². The lowest BCUT2D eigenvalue weighted by Crippen LogP contribution is -2.51. The molecular weight excluding hydrogens is 280 g/mol. The third-order valence-corrected chi connectivity index (χ3v) is 4.56. The van der Waals surface area contributed by atoms with E-state index in [1.165, 1.54) is 0 Å². The summed E-state index contributed by atoms with van der Waals surface area (Å²) in [5.74, 6) is -3.97. The maximum atomic E-state index is 13.6.